The van der Waals surface area contributed by atoms with Crippen molar-refractivity contribution in [3.63, 3.8) is 0 Å². The van der Waals surface area contributed by atoms with Crippen LogP contribution in [0.2, 0.25) is 5.02 Å². The predicted octanol–water partition coefficient (Wildman–Crippen LogP) is 3.37. The van der Waals surface area contributed by atoms with Gasteiger partial charge in [-0.2, -0.15) is 0 Å². The number of rotatable bonds is 5. The third-order valence-corrected chi connectivity index (χ3v) is 5.22. The van der Waals surface area contributed by atoms with Gasteiger partial charge < -0.3 is 10.2 Å². The number of carbonyl (C=O) groups excluding carboxylic acids is 1. The summed E-state index contributed by atoms with van der Waals surface area (Å²) in [5.41, 5.74) is 3.08. The second kappa shape index (κ2) is 8.67. The molecule has 1 aliphatic rings. The van der Waals surface area contributed by atoms with Crippen LogP contribution in [0, 0.1) is 6.92 Å². The Labute approximate surface area is 160 Å². The third kappa shape index (κ3) is 4.85. The molecule has 1 atom stereocenters. The zero-order chi connectivity index (χ0) is 18.5. The molecule has 138 valence electrons. The number of nitrogens with zero attached hydrogens (tertiary/aromatic N) is 2. The van der Waals surface area contributed by atoms with Gasteiger partial charge in [0.15, 0.2) is 0 Å². The molecule has 1 aliphatic heterocycles. The van der Waals surface area contributed by atoms with Crippen molar-refractivity contribution in [2.24, 2.45) is 0 Å². The van der Waals surface area contributed by atoms with E-state index in [-0.39, 0.29) is 11.9 Å². The smallest absolute Gasteiger partial charge is 0.251 e. The average Bonchev–Trinajstić information content (AvgIpc) is 2.64. The fraction of sp³-hybridized carbons (Fsp3) is 0.381. The Bertz CT molecular complexity index is 739. The SMILES string of the molecule is Cc1ccc(C(CNC(=O)c2cccc(Cl)c2)N2CCN(C)CC2)cc1. The highest BCUT2D eigenvalue weighted by Gasteiger charge is 2.24. The highest BCUT2D eigenvalue weighted by atomic mass is 35.5. The zero-order valence-electron chi connectivity index (χ0n) is 15.4. The largest absolute Gasteiger partial charge is 0.350 e. The Balaban J connectivity index is 1.73. The number of amides is 1. The van der Waals surface area contributed by atoms with Crippen LogP contribution < -0.4 is 5.32 Å². The van der Waals surface area contributed by atoms with E-state index in [1.54, 1.807) is 24.3 Å². The molecule has 4 nitrogen and oxygen atoms in total. The number of carbonyl (C=O) groups is 1. The van der Waals surface area contributed by atoms with E-state index >= 15 is 0 Å². The van der Waals surface area contributed by atoms with Crippen LogP contribution in [0.15, 0.2) is 48.5 Å². The molecule has 3 rings (SSSR count). The van der Waals surface area contributed by atoms with Crippen LogP contribution in [0.5, 0.6) is 0 Å². The first kappa shape index (κ1) is 18.9. The van der Waals surface area contributed by atoms with Gasteiger partial charge in [-0.05, 0) is 37.7 Å². The standard InChI is InChI=1S/C21H26ClN3O/c1-16-6-8-17(9-7-16)20(25-12-10-24(2)11-13-25)15-23-21(26)18-4-3-5-19(22)14-18/h3-9,14,20H,10-13,15H2,1-2H3,(H,23,26). The lowest BCUT2D eigenvalue weighted by atomic mass is 10.0. The minimum atomic E-state index is -0.0845. The third-order valence-electron chi connectivity index (χ3n) is 4.98. The second-order valence-corrected chi connectivity index (χ2v) is 7.42. The molecule has 1 N–H and O–H groups in total. The van der Waals surface area contributed by atoms with Crippen LogP contribution in [-0.4, -0.2) is 55.5 Å². The van der Waals surface area contributed by atoms with E-state index < -0.39 is 0 Å². The van der Waals surface area contributed by atoms with E-state index in [1.807, 2.05) is 0 Å². The van der Waals surface area contributed by atoms with E-state index in [1.165, 1.54) is 11.1 Å². The van der Waals surface area contributed by atoms with Gasteiger partial charge in [-0.1, -0.05) is 47.5 Å². The monoisotopic (exact) mass is 371 g/mol. The Kier molecular flexibility index (Phi) is 6.30. The van der Waals surface area contributed by atoms with Crippen molar-refractivity contribution >= 4 is 17.5 Å². The summed E-state index contributed by atoms with van der Waals surface area (Å²) in [4.78, 5) is 17.3. The number of aryl methyl sites for hydroxylation is 1. The van der Waals surface area contributed by atoms with Crippen LogP contribution in [0.3, 0.4) is 0 Å². The number of halogens is 1. The first-order valence-electron chi connectivity index (χ1n) is 9.06. The van der Waals surface area contributed by atoms with Crippen LogP contribution in [0.4, 0.5) is 0 Å². The van der Waals surface area contributed by atoms with Crippen molar-refractivity contribution in [2.75, 3.05) is 39.8 Å². The van der Waals surface area contributed by atoms with Gasteiger partial charge in [0, 0.05) is 43.3 Å². The predicted molar refractivity (Wildman–Crippen MR) is 107 cm³/mol. The Morgan fingerprint density at radius 3 is 2.46 bits per heavy atom. The van der Waals surface area contributed by atoms with Crippen molar-refractivity contribution in [3.8, 4) is 0 Å². The zero-order valence-corrected chi connectivity index (χ0v) is 16.2. The summed E-state index contributed by atoms with van der Waals surface area (Å²) in [6, 6.07) is 15.9. The number of likely N-dealkylation sites (N-methyl/N-ethyl adjacent to an activating group) is 1. The van der Waals surface area contributed by atoms with Crippen LogP contribution in [0.1, 0.15) is 27.5 Å². The van der Waals surface area contributed by atoms with Crippen LogP contribution in [0.25, 0.3) is 0 Å². The molecule has 1 fully saturated rings. The normalized spacial score (nSPS) is 17.0. The lowest BCUT2D eigenvalue weighted by Gasteiger charge is -2.38. The molecule has 0 aromatic heterocycles. The lowest BCUT2D eigenvalue weighted by molar-refractivity contribution is 0.0886. The second-order valence-electron chi connectivity index (χ2n) is 6.99. The molecule has 1 unspecified atom stereocenters. The van der Waals surface area contributed by atoms with E-state index in [2.05, 4.69) is 53.4 Å². The van der Waals surface area contributed by atoms with Crippen LogP contribution in [-0.2, 0) is 0 Å². The number of hydrogen-bond acceptors (Lipinski definition) is 3. The summed E-state index contributed by atoms with van der Waals surface area (Å²) < 4.78 is 0. The van der Waals surface area contributed by atoms with Crippen molar-refractivity contribution in [1.82, 2.24) is 15.1 Å². The summed E-state index contributed by atoms with van der Waals surface area (Å²) in [6.07, 6.45) is 0. The Morgan fingerprint density at radius 2 is 1.81 bits per heavy atom. The minimum absolute atomic E-state index is 0.0845. The molecule has 1 heterocycles. The lowest BCUT2D eigenvalue weighted by Crippen LogP contribution is -2.48. The molecular weight excluding hydrogens is 346 g/mol. The molecule has 5 heteroatoms. The maximum atomic E-state index is 12.5. The number of nitrogens with one attached hydrogen (secondary N) is 1. The van der Waals surface area contributed by atoms with Crippen molar-refractivity contribution in [1.29, 1.82) is 0 Å². The maximum absolute atomic E-state index is 12.5. The molecule has 1 saturated heterocycles. The highest BCUT2D eigenvalue weighted by Crippen LogP contribution is 2.22. The van der Waals surface area contributed by atoms with Crippen molar-refractivity contribution in [2.45, 2.75) is 13.0 Å². The van der Waals surface area contributed by atoms with E-state index in [4.69, 9.17) is 11.6 Å². The van der Waals surface area contributed by atoms with E-state index in [0.717, 1.165) is 26.2 Å². The summed E-state index contributed by atoms with van der Waals surface area (Å²) in [5, 5.41) is 3.67. The molecule has 0 radical (unpaired) electrons. The molecule has 0 bridgehead atoms. The first-order valence-corrected chi connectivity index (χ1v) is 9.43. The molecule has 0 aliphatic carbocycles. The molecule has 2 aromatic carbocycles. The maximum Gasteiger partial charge on any atom is 0.251 e. The quantitative estimate of drug-likeness (QED) is 0.875. The average molecular weight is 372 g/mol. The van der Waals surface area contributed by atoms with Gasteiger partial charge in [0.2, 0.25) is 0 Å². The number of benzene rings is 2. The highest BCUT2D eigenvalue weighted by molar-refractivity contribution is 6.30. The van der Waals surface area contributed by atoms with Gasteiger partial charge in [-0.25, -0.2) is 0 Å². The molecule has 26 heavy (non-hydrogen) atoms. The first-order chi connectivity index (χ1) is 12.5. The fourth-order valence-electron chi connectivity index (χ4n) is 3.30. The topological polar surface area (TPSA) is 35.6 Å². The van der Waals surface area contributed by atoms with E-state index in [0.29, 0.717) is 17.1 Å². The van der Waals surface area contributed by atoms with E-state index in [9.17, 15) is 4.79 Å². The number of piperazine rings is 1. The molecule has 1 amide bonds. The Hall–Kier alpha value is -1.88. The summed E-state index contributed by atoms with van der Waals surface area (Å²) >= 11 is 6.00. The molecule has 0 spiro atoms. The van der Waals surface area contributed by atoms with Gasteiger partial charge in [0.1, 0.15) is 0 Å². The van der Waals surface area contributed by atoms with Crippen LogP contribution >= 0.6 is 11.6 Å². The van der Waals surface area contributed by atoms with Gasteiger partial charge in [0.05, 0.1) is 6.04 Å². The summed E-state index contributed by atoms with van der Waals surface area (Å²) in [7, 11) is 2.15. The van der Waals surface area contributed by atoms with Gasteiger partial charge in [0.25, 0.3) is 5.91 Å². The van der Waals surface area contributed by atoms with Gasteiger partial charge >= 0.3 is 0 Å². The van der Waals surface area contributed by atoms with Gasteiger partial charge in [-0.15, -0.1) is 0 Å². The minimum Gasteiger partial charge on any atom is -0.350 e. The van der Waals surface area contributed by atoms with Crippen molar-refractivity contribution < 1.29 is 4.79 Å². The molecular formula is C21H26ClN3O. The Morgan fingerprint density at radius 1 is 1.12 bits per heavy atom. The van der Waals surface area contributed by atoms with Crippen molar-refractivity contribution in [3.05, 3.63) is 70.2 Å². The fourth-order valence-corrected chi connectivity index (χ4v) is 3.49. The molecule has 2 aromatic rings. The number of hydrogen-bond donors (Lipinski definition) is 1. The summed E-state index contributed by atoms with van der Waals surface area (Å²) in [5.74, 6) is -0.0845. The summed E-state index contributed by atoms with van der Waals surface area (Å²) in [6.45, 7) is 6.77. The van der Waals surface area contributed by atoms with Gasteiger partial charge in [-0.3, -0.25) is 9.69 Å². The molecule has 0 saturated carbocycles.